The summed E-state index contributed by atoms with van der Waals surface area (Å²) in [4.78, 5) is 39.0. The number of benzene rings is 1. The number of nitrogens with two attached hydrogens (primary N) is 1. The van der Waals surface area contributed by atoms with Crippen LogP contribution in [0.2, 0.25) is 0 Å². The van der Waals surface area contributed by atoms with Gasteiger partial charge in [-0.25, -0.2) is 4.79 Å². The number of thioether (sulfide) groups is 1. The van der Waals surface area contributed by atoms with Crippen LogP contribution in [-0.2, 0) is 6.54 Å². The van der Waals surface area contributed by atoms with Crippen molar-refractivity contribution in [3.05, 3.63) is 55.7 Å². The van der Waals surface area contributed by atoms with E-state index in [4.69, 9.17) is 10.2 Å². The molecule has 9 nitrogen and oxygen atoms in total. The van der Waals surface area contributed by atoms with Crippen molar-refractivity contribution in [2.45, 2.75) is 39.5 Å². The lowest BCUT2D eigenvalue weighted by Crippen LogP contribution is -2.37. The third kappa shape index (κ3) is 4.54. The normalized spacial score (nSPS) is 11.2. The predicted octanol–water partition coefficient (Wildman–Crippen LogP) is 2.42. The van der Waals surface area contributed by atoms with E-state index in [1.165, 1.54) is 4.57 Å². The molecule has 1 aromatic carbocycles. The Morgan fingerprint density at radius 3 is 2.63 bits per heavy atom. The van der Waals surface area contributed by atoms with Gasteiger partial charge >= 0.3 is 5.69 Å². The van der Waals surface area contributed by atoms with E-state index in [1.54, 1.807) is 0 Å². The van der Waals surface area contributed by atoms with E-state index in [0.717, 1.165) is 28.5 Å². The van der Waals surface area contributed by atoms with Gasteiger partial charge in [-0.15, -0.1) is 10.2 Å². The van der Waals surface area contributed by atoms with Crippen molar-refractivity contribution in [2.24, 2.45) is 5.92 Å². The van der Waals surface area contributed by atoms with Gasteiger partial charge in [-0.1, -0.05) is 31.7 Å². The highest BCUT2D eigenvalue weighted by Crippen LogP contribution is 2.25. The zero-order chi connectivity index (χ0) is 22.0. The molecule has 0 aliphatic carbocycles. The molecular formula is C20H23N5O4S. The summed E-state index contributed by atoms with van der Waals surface area (Å²) in [5.74, 6) is -0.347. The Morgan fingerprint density at radius 1 is 1.23 bits per heavy atom. The van der Waals surface area contributed by atoms with Gasteiger partial charge < -0.3 is 10.2 Å². The number of anilines is 1. The van der Waals surface area contributed by atoms with Crippen LogP contribution in [0.15, 0.2) is 37.4 Å². The third-order valence-electron chi connectivity index (χ3n) is 4.55. The number of Topliss-reactive ketones (excluding diaryl/α,β-unsaturated/α-hetero) is 1. The molecule has 3 aromatic rings. The van der Waals surface area contributed by atoms with E-state index in [9.17, 15) is 14.4 Å². The number of hydrogen-bond donors (Lipinski definition) is 2. The molecule has 0 saturated carbocycles. The summed E-state index contributed by atoms with van der Waals surface area (Å²) in [5.41, 5.74) is 7.33. The fourth-order valence-electron chi connectivity index (χ4n) is 2.86. The molecule has 0 spiro atoms. The molecule has 0 atom stereocenters. The van der Waals surface area contributed by atoms with Crippen molar-refractivity contribution >= 4 is 23.4 Å². The summed E-state index contributed by atoms with van der Waals surface area (Å²) in [6.45, 7) is 8.09. The number of aromatic amines is 1. The van der Waals surface area contributed by atoms with Gasteiger partial charge in [0.1, 0.15) is 11.4 Å². The van der Waals surface area contributed by atoms with E-state index in [0.29, 0.717) is 5.89 Å². The molecule has 3 N–H and O–H groups in total. The molecule has 10 heteroatoms. The van der Waals surface area contributed by atoms with Crippen LogP contribution in [0.1, 0.15) is 35.3 Å². The fourth-order valence-corrected chi connectivity index (χ4v) is 3.50. The summed E-state index contributed by atoms with van der Waals surface area (Å²) in [6.07, 6.45) is 0. The minimum absolute atomic E-state index is 0.107. The Bertz CT molecular complexity index is 1210. The highest BCUT2D eigenvalue weighted by Gasteiger charge is 2.21. The first-order valence-corrected chi connectivity index (χ1v) is 10.4. The van der Waals surface area contributed by atoms with Gasteiger partial charge in [-0.05, 0) is 43.0 Å². The molecule has 2 heterocycles. The monoisotopic (exact) mass is 429 g/mol. The fraction of sp³-hybridized carbons (Fsp3) is 0.350. The number of nitrogens with one attached hydrogen (secondary N) is 1. The highest BCUT2D eigenvalue weighted by atomic mass is 32.2. The number of rotatable bonds is 7. The maximum atomic E-state index is 12.6. The van der Waals surface area contributed by atoms with Crippen molar-refractivity contribution < 1.29 is 9.21 Å². The number of nitrogens with zero attached hydrogens (tertiary/aromatic N) is 3. The zero-order valence-electron chi connectivity index (χ0n) is 17.2. The smallest absolute Gasteiger partial charge is 0.329 e. The lowest BCUT2D eigenvalue weighted by atomic mass is 10.1. The average molecular weight is 430 g/mol. The van der Waals surface area contributed by atoms with Crippen molar-refractivity contribution in [1.29, 1.82) is 0 Å². The Hall–Kier alpha value is -3.14. The van der Waals surface area contributed by atoms with E-state index < -0.39 is 17.0 Å². The Labute approximate surface area is 176 Å². The Kier molecular flexibility index (Phi) is 6.25. The van der Waals surface area contributed by atoms with Crippen molar-refractivity contribution in [3.63, 3.8) is 0 Å². The van der Waals surface area contributed by atoms with Gasteiger partial charge in [0.2, 0.25) is 5.89 Å². The van der Waals surface area contributed by atoms with Gasteiger partial charge in [0.05, 0.1) is 5.75 Å². The maximum Gasteiger partial charge on any atom is 0.329 e. The van der Waals surface area contributed by atoms with Gasteiger partial charge in [0.25, 0.3) is 10.8 Å². The van der Waals surface area contributed by atoms with Crippen LogP contribution < -0.4 is 17.0 Å². The predicted molar refractivity (Wildman–Crippen MR) is 115 cm³/mol. The molecule has 0 unspecified atom stereocenters. The van der Waals surface area contributed by atoms with Crippen LogP contribution in [0.25, 0.3) is 11.5 Å². The molecule has 0 amide bonds. The molecule has 0 saturated heterocycles. The Morgan fingerprint density at radius 2 is 1.97 bits per heavy atom. The van der Waals surface area contributed by atoms with Crippen molar-refractivity contribution in [1.82, 2.24) is 19.7 Å². The quantitative estimate of drug-likeness (QED) is 0.431. The van der Waals surface area contributed by atoms with E-state index >= 15 is 0 Å². The molecule has 0 fully saturated rings. The van der Waals surface area contributed by atoms with Gasteiger partial charge in [0, 0.05) is 12.1 Å². The molecule has 0 aliphatic rings. The van der Waals surface area contributed by atoms with Gasteiger partial charge in [-0.2, -0.15) is 0 Å². The second kappa shape index (κ2) is 8.70. The first kappa shape index (κ1) is 21.6. The lowest BCUT2D eigenvalue weighted by molar-refractivity contribution is 0.102. The van der Waals surface area contributed by atoms with Crippen molar-refractivity contribution in [2.75, 3.05) is 11.5 Å². The summed E-state index contributed by atoms with van der Waals surface area (Å²) in [7, 11) is 0. The molecule has 0 radical (unpaired) electrons. The highest BCUT2D eigenvalue weighted by molar-refractivity contribution is 7.99. The average Bonchev–Trinajstić information content (AvgIpc) is 3.14. The number of hydrogen-bond acceptors (Lipinski definition) is 8. The number of aryl methyl sites for hydroxylation is 2. The zero-order valence-corrected chi connectivity index (χ0v) is 18.0. The molecule has 0 aliphatic heterocycles. The van der Waals surface area contributed by atoms with Gasteiger partial charge in [-0.3, -0.25) is 19.1 Å². The summed E-state index contributed by atoms with van der Waals surface area (Å²) >= 11 is 1.00. The van der Waals surface area contributed by atoms with Crippen LogP contribution in [-0.4, -0.2) is 31.3 Å². The summed E-state index contributed by atoms with van der Waals surface area (Å²) in [6, 6.07) is 5.79. The summed E-state index contributed by atoms with van der Waals surface area (Å²) in [5, 5.41) is 8.16. The number of carbonyl (C=O) groups excluding carboxylic acids is 1. The van der Waals surface area contributed by atoms with Crippen LogP contribution in [0, 0.1) is 19.8 Å². The first-order valence-electron chi connectivity index (χ1n) is 9.37. The van der Waals surface area contributed by atoms with Crippen LogP contribution >= 0.6 is 11.8 Å². The summed E-state index contributed by atoms with van der Waals surface area (Å²) < 4.78 is 6.83. The molecular weight excluding hydrogens is 406 g/mol. The molecule has 30 heavy (non-hydrogen) atoms. The first-order chi connectivity index (χ1) is 14.2. The van der Waals surface area contributed by atoms with E-state index in [-0.39, 0.29) is 34.8 Å². The minimum Gasteiger partial charge on any atom is -0.411 e. The number of carbonyl (C=O) groups is 1. The van der Waals surface area contributed by atoms with E-state index in [1.807, 2.05) is 45.9 Å². The number of H-pyrrole nitrogens is 1. The van der Waals surface area contributed by atoms with Crippen molar-refractivity contribution in [3.8, 4) is 11.5 Å². The third-order valence-corrected chi connectivity index (χ3v) is 5.37. The molecule has 0 bridgehead atoms. The number of nitrogen functional groups attached to an aromatic ring is 1. The second-order valence-electron chi connectivity index (χ2n) is 7.41. The maximum absolute atomic E-state index is 12.6. The Balaban J connectivity index is 1.78. The van der Waals surface area contributed by atoms with Crippen LogP contribution in [0.3, 0.4) is 0 Å². The molecule has 2 aromatic heterocycles. The topological polar surface area (TPSA) is 137 Å². The van der Waals surface area contributed by atoms with Crippen LogP contribution in [0.5, 0.6) is 0 Å². The minimum atomic E-state index is -0.801. The standard InChI is InChI=1S/C20H23N5O4S/c1-10(2)8-25-16(21)15(17(27)22-19(25)28)14(26)9-30-20-24-23-18(29-20)13-6-5-11(3)12(4)7-13/h5-7,10H,8-9,21H2,1-4H3,(H,22,27,28). The SMILES string of the molecule is Cc1ccc(-c2nnc(SCC(=O)c3c(N)n(CC(C)C)c(=O)[nH]c3=O)o2)cc1C. The van der Waals surface area contributed by atoms with Crippen LogP contribution in [0.4, 0.5) is 5.82 Å². The number of aromatic nitrogens is 4. The molecule has 158 valence electrons. The van der Waals surface area contributed by atoms with E-state index in [2.05, 4.69) is 15.2 Å². The van der Waals surface area contributed by atoms with Gasteiger partial charge in [0.15, 0.2) is 5.78 Å². The second-order valence-corrected chi connectivity index (χ2v) is 8.33. The lowest BCUT2D eigenvalue weighted by Gasteiger charge is -2.13. The largest absolute Gasteiger partial charge is 0.411 e. The number of ketones is 1. The molecule has 3 rings (SSSR count).